The van der Waals surface area contributed by atoms with E-state index in [2.05, 4.69) is 10.4 Å². The summed E-state index contributed by atoms with van der Waals surface area (Å²) in [4.78, 5) is 23.9. The van der Waals surface area contributed by atoms with Gasteiger partial charge in [0.25, 0.3) is 5.56 Å². The van der Waals surface area contributed by atoms with Crippen LogP contribution in [0.15, 0.2) is 41.2 Å². The van der Waals surface area contributed by atoms with E-state index < -0.39 is 0 Å². The fourth-order valence-corrected chi connectivity index (χ4v) is 3.23. The zero-order valence-corrected chi connectivity index (χ0v) is 14.1. The third-order valence-corrected chi connectivity index (χ3v) is 4.60. The lowest BCUT2D eigenvalue weighted by Crippen LogP contribution is -2.32. The topological polar surface area (TPSA) is 64.0 Å². The molecule has 0 atom stereocenters. The van der Waals surface area contributed by atoms with Crippen molar-refractivity contribution in [3.63, 3.8) is 0 Å². The predicted octanol–water partition coefficient (Wildman–Crippen LogP) is 2.75. The largest absolute Gasteiger partial charge is 0.354 e. The van der Waals surface area contributed by atoms with E-state index >= 15 is 0 Å². The Balaban J connectivity index is 1.58. The van der Waals surface area contributed by atoms with Crippen LogP contribution in [-0.2, 0) is 11.3 Å². The number of nitrogens with one attached hydrogen (secondary N) is 1. The summed E-state index contributed by atoms with van der Waals surface area (Å²) < 4.78 is 14.3. The highest BCUT2D eigenvalue weighted by molar-refractivity contribution is 5.76. The second-order valence-electron chi connectivity index (χ2n) is 6.49. The molecule has 25 heavy (non-hydrogen) atoms. The Morgan fingerprint density at radius 2 is 1.88 bits per heavy atom. The lowest BCUT2D eigenvalue weighted by molar-refractivity contribution is -0.122. The van der Waals surface area contributed by atoms with Crippen LogP contribution in [0.5, 0.6) is 0 Å². The van der Waals surface area contributed by atoms with Gasteiger partial charge in [-0.3, -0.25) is 9.59 Å². The summed E-state index contributed by atoms with van der Waals surface area (Å²) in [5.74, 6) is 0.222. The fourth-order valence-electron chi connectivity index (χ4n) is 3.23. The second-order valence-corrected chi connectivity index (χ2v) is 6.49. The molecule has 0 radical (unpaired) electrons. The van der Waals surface area contributed by atoms with E-state index in [-0.39, 0.29) is 17.3 Å². The number of halogens is 1. The van der Waals surface area contributed by atoms with Crippen molar-refractivity contribution in [2.45, 2.75) is 38.6 Å². The SMILES string of the molecule is O=C(CC1CCCC1)NCCn1nc(-c2ccc(F)cc2)ccc1=O. The van der Waals surface area contributed by atoms with Crippen molar-refractivity contribution < 1.29 is 9.18 Å². The molecule has 1 aromatic carbocycles. The monoisotopic (exact) mass is 343 g/mol. The Hall–Kier alpha value is -2.50. The first-order chi connectivity index (χ1) is 12.1. The highest BCUT2D eigenvalue weighted by Gasteiger charge is 2.18. The maximum absolute atomic E-state index is 13.0. The van der Waals surface area contributed by atoms with Crippen molar-refractivity contribution in [3.05, 3.63) is 52.6 Å². The average Bonchev–Trinajstić information content (AvgIpc) is 3.10. The molecule has 0 bridgehead atoms. The molecular formula is C19H22FN3O2. The molecule has 6 heteroatoms. The number of nitrogens with zero attached hydrogens (tertiary/aromatic N) is 2. The second kappa shape index (κ2) is 8.05. The van der Waals surface area contributed by atoms with Crippen LogP contribution in [-0.4, -0.2) is 22.2 Å². The molecule has 0 saturated heterocycles. The first-order valence-electron chi connectivity index (χ1n) is 8.72. The van der Waals surface area contributed by atoms with E-state index in [0.717, 1.165) is 18.4 Å². The molecule has 1 heterocycles. The molecule has 1 aromatic heterocycles. The maximum atomic E-state index is 13.0. The molecule has 1 aliphatic carbocycles. The zero-order chi connectivity index (χ0) is 17.6. The van der Waals surface area contributed by atoms with Gasteiger partial charge < -0.3 is 5.32 Å². The van der Waals surface area contributed by atoms with Crippen LogP contribution in [0.3, 0.4) is 0 Å². The number of carbonyl (C=O) groups excluding carboxylic acids is 1. The first-order valence-corrected chi connectivity index (χ1v) is 8.72. The standard InChI is InChI=1S/C19H22FN3O2/c20-16-7-5-15(6-8-16)17-9-10-19(25)23(22-17)12-11-21-18(24)13-14-3-1-2-4-14/h5-10,14H,1-4,11-13H2,(H,21,24). The zero-order valence-electron chi connectivity index (χ0n) is 14.1. The summed E-state index contributed by atoms with van der Waals surface area (Å²) in [6.45, 7) is 0.676. The van der Waals surface area contributed by atoms with Crippen molar-refractivity contribution in [3.8, 4) is 11.3 Å². The molecule has 5 nitrogen and oxygen atoms in total. The van der Waals surface area contributed by atoms with Gasteiger partial charge in [-0.2, -0.15) is 5.10 Å². The highest BCUT2D eigenvalue weighted by Crippen LogP contribution is 2.27. The van der Waals surface area contributed by atoms with Crippen molar-refractivity contribution in [2.75, 3.05) is 6.54 Å². The Bertz CT molecular complexity index is 780. The maximum Gasteiger partial charge on any atom is 0.266 e. The molecule has 1 fully saturated rings. The summed E-state index contributed by atoms with van der Waals surface area (Å²) >= 11 is 0. The summed E-state index contributed by atoms with van der Waals surface area (Å²) in [7, 11) is 0. The summed E-state index contributed by atoms with van der Waals surface area (Å²) in [5.41, 5.74) is 1.10. The summed E-state index contributed by atoms with van der Waals surface area (Å²) in [6.07, 6.45) is 5.27. The van der Waals surface area contributed by atoms with Gasteiger partial charge in [0, 0.05) is 24.6 Å². The van der Waals surface area contributed by atoms with Crippen molar-refractivity contribution >= 4 is 5.91 Å². The number of hydrogen-bond donors (Lipinski definition) is 1. The number of rotatable bonds is 6. The van der Waals surface area contributed by atoms with E-state index in [0.29, 0.717) is 31.1 Å². The molecule has 0 aliphatic heterocycles. The van der Waals surface area contributed by atoms with E-state index in [1.807, 2.05) is 0 Å². The molecule has 0 unspecified atom stereocenters. The molecule has 132 valence electrons. The lowest BCUT2D eigenvalue weighted by atomic mass is 10.0. The van der Waals surface area contributed by atoms with Crippen LogP contribution in [0.1, 0.15) is 32.1 Å². The third kappa shape index (κ3) is 4.75. The van der Waals surface area contributed by atoms with E-state index in [1.165, 1.54) is 35.7 Å². The number of hydrogen-bond acceptors (Lipinski definition) is 3. The van der Waals surface area contributed by atoms with Crippen molar-refractivity contribution in [1.29, 1.82) is 0 Å². The van der Waals surface area contributed by atoms with Crippen LogP contribution in [0, 0.1) is 11.7 Å². The van der Waals surface area contributed by atoms with Crippen LogP contribution >= 0.6 is 0 Å². The van der Waals surface area contributed by atoms with Gasteiger partial charge in [-0.05, 0) is 49.1 Å². The number of benzene rings is 1. The van der Waals surface area contributed by atoms with Gasteiger partial charge in [-0.1, -0.05) is 12.8 Å². The Kier molecular flexibility index (Phi) is 5.58. The molecule has 2 aromatic rings. The summed E-state index contributed by atoms with van der Waals surface area (Å²) in [6, 6.07) is 9.01. The van der Waals surface area contributed by atoms with Crippen molar-refractivity contribution in [1.82, 2.24) is 15.1 Å². The fraction of sp³-hybridized carbons (Fsp3) is 0.421. The van der Waals surface area contributed by atoms with Crippen LogP contribution in [0.25, 0.3) is 11.3 Å². The Labute approximate surface area is 145 Å². The number of amides is 1. The van der Waals surface area contributed by atoms with E-state index in [4.69, 9.17) is 0 Å². The molecular weight excluding hydrogens is 321 g/mol. The molecule has 3 rings (SSSR count). The molecule has 0 spiro atoms. The van der Waals surface area contributed by atoms with E-state index in [9.17, 15) is 14.0 Å². The van der Waals surface area contributed by atoms with Crippen LogP contribution in [0.4, 0.5) is 4.39 Å². The minimum atomic E-state index is -0.318. The lowest BCUT2D eigenvalue weighted by Gasteiger charge is -2.11. The van der Waals surface area contributed by atoms with Gasteiger partial charge in [-0.25, -0.2) is 9.07 Å². The third-order valence-electron chi connectivity index (χ3n) is 4.60. The number of aromatic nitrogens is 2. The van der Waals surface area contributed by atoms with Gasteiger partial charge in [0.15, 0.2) is 0 Å². The Morgan fingerprint density at radius 3 is 2.60 bits per heavy atom. The highest BCUT2D eigenvalue weighted by atomic mass is 19.1. The van der Waals surface area contributed by atoms with Gasteiger partial charge in [-0.15, -0.1) is 0 Å². The quantitative estimate of drug-likeness (QED) is 0.877. The van der Waals surface area contributed by atoms with Crippen LogP contribution in [0.2, 0.25) is 0 Å². The first kappa shape index (κ1) is 17.3. The normalized spacial score (nSPS) is 14.6. The minimum Gasteiger partial charge on any atom is -0.354 e. The van der Waals surface area contributed by atoms with Gasteiger partial charge in [0.2, 0.25) is 5.91 Å². The van der Waals surface area contributed by atoms with Gasteiger partial charge in [0.1, 0.15) is 5.82 Å². The van der Waals surface area contributed by atoms with Crippen molar-refractivity contribution in [2.24, 2.45) is 5.92 Å². The Morgan fingerprint density at radius 1 is 1.16 bits per heavy atom. The molecule has 1 amide bonds. The molecule has 1 aliphatic rings. The predicted molar refractivity (Wildman–Crippen MR) is 93.5 cm³/mol. The van der Waals surface area contributed by atoms with Crippen LogP contribution < -0.4 is 10.9 Å². The summed E-state index contributed by atoms with van der Waals surface area (Å²) in [5, 5.41) is 7.17. The van der Waals surface area contributed by atoms with Gasteiger partial charge >= 0.3 is 0 Å². The minimum absolute atomic E-state index is 0.0367. The van der Waals surface area contributed by atoms with Gasteiger partial charge in [0.05, 0.1) is 12.2 Å². The average molecular weight is 343 g/mol. The molecule has 1 N–H and O–H groups in total. The van der Waals surface area contributed by atoms with E-state index in [1.54, 1.807) is 18.2 Å². The smallest absolute Gasteiger partial charge is 0.266 e. The number of carbonyl (C=O) groups is 1. The molecule has 1 saturated carbocycles.